The van der Waals surface area contributed by atoms with Gasteiger partial charge in [-0.1, -0.05) is 44.2 Å². The summed E-state index contributed by atoms with van der Waals surface area (Å²) in [5.74, 6) is 0.619. The number of urea groups is 1. The standard InChI is InChI=1S/C17H22N4O2/c1-12(2)14(10-11-22)18-17(23)19-16-9-8-15(20-21-16)13-6-4-3-5-7-13/h3-9,12,14,22H,10-11H2,1-2H3,(H2,18,19,21,23). The first-order chi connectivity index (χ1) is 11.1. The van der Waals surface area contributed by atoms with E-state index >= 15 is 0 Å². The number of rotatable bonds is 6. The van der Waals surface area contributed by atoms with Gasteiger partial charge >= 0.3 is 6.03 Å². The molecule has 3 N–H and O–H groups in total. The van der Waals surface area contributed by atoms with Crippen molar-refractivity contribution in [1.82, 2.24) is 15.5 Å². The third kappa shape index (κ3) is 5.03. The van der Waals surface area contributed by atoms with Gasteiger partial charge in [0, 0.05) is 18.2 Å². The van der Waals surface area contributed by atoms with Crippen molar-refractivity contribution in [1.29, 1.82) is 0 Å². The van der Waals surface area contributed by atoms with Crippen LogP contribution in [0.1, 0.15) is 20.3 Å². The normalized spacial score (nSPS) is 12.0. The van der Waals surface area contributed by atoms with Crippen molar-refractivity contribution in [3.63, 3.8) is 0 Å². The number of anilines is 1. The van der Waals surface area contributed by atoms with Crippen LogP contribution in [0.25, 0.3) is 11.3 Å². The zero-order chi connectivity index (χ0) is 16.7. The molecule has 0 saturated carbocycles. The Bertz CT molecular complexity index is 614. The van der Waals surface area contributed by atoms with Gasteiger partial charge in [-0.25, -0.2) is 4.79 Å². The minimum absolute atomic E-state index is 0.0364. The van der Waals surface area contributed by atoms with Gasteiger partial charge in [0.05, 0.1) is 5.69 Å². The van der Waals surface area contributed by atoms with Crippen LogP contribution in [-0.4, -0.2) is 34.0 Å². The summed E-state index contributed by atoms with van der Waals surface area (Å²) < 4.78 is 0. The Labute approximate surface area is 136 Å². The monoisotopic (exact) mass is 314 g/mol. The zero-order valence-corrected chi connectivity index (χ0v) is 13.4. The number of hydrogen-bond donors (Lipinski definition) is 3. The third-order valence-corrected chi connectivity index (χ3v) is 3.54. The number of nitrogens with one attached hydrogen (secondary N) is 2. The Morgan fingerprint density at radius 1 is 1.13 bits per heavy atom. The van der Waals surface area contributed by atoms with E-state index in [1.165, 1.54) is 0 Å². The molecule has 1 atom stereocenters. The van der Waals surface area contributed by atoms with Crippen molar-refractivity contribution in [3.05, 3.63) is 42.5 Å². The molecule has 0 saturated heterocycles. The van der Waals surface area contributed by atoms with Gasteiger partial charge in [0.2, 0.25) is 0 Å². The van der Waals surface area contributed by atoms with E-state index < -0.39 is 0 Å². The molecule has 6 heteroatoms. The van der Waals surface area contributed by atoms with Crippen molar-refractivity contribution >= 4 is 11.8 Å². The van der Waals surface area contributed by atoms with E-state index in [-0.39, 0.29) is 24.6 Å². The van der Waals surface area contributed by atoms with Crippen LogP contribution in [0.15, 0.2) is 42.5 Å². The number of aliphatic hydroxyl groups excluding tert-OH is 1. The lowest BCUT2D eigenvalue weighted by molar-refractivity contribution is 0.227. The SMILES string of the molecule is CC(C)C(CCO)NC(=O)Nc1ccc(-c2ccccc2)nn1. The maximum Gasteiger partial charge on any atom is 0.320 e. The van der Waals surface area contributed by atoms with Crippen LogP contribution in [-0.2, 0) is 0 Å². The summed E-state index contributed by atoms with van der Waals surface area (Å²) in [6.45, 7) is 4.03. The highest BCUT2D eigenvalue weighted by Gasteiger charge is 2.15. The second-order valence-corrected chi connectivity index (χ2v) is 5.63. The molecule has 1 aromatic heterocycles. The van der Waals surface area contributed by atoms with Crippen molar-refractivity contribution in [2.75, 3.05) is 11.9 Å². The number of hydrogen-bond acceptors (Lipinski definition) is 4. The Morgan fingerprint density at radius 3 is 2.43 bits per heavy atom. The molecule has 0 radical (unpaired) electrons. The highest BCUT2D eigenvalue weighted by Crippen LogP contribution is 2.16. The molecule has 2 rings (SSSR count). The van der Waals surface area contributed by atoms with Gasteiger partial charge in [-0.3, -0.25) is 5.32 Å². The molecular weight excluding hydrogens is 292 g/mol. The second kappa shape index (κ2) is 8.24. The highest BCUT2D eigenvalue weighted by molar-refractivity contribution is 5.88. The largest absolute Gasteiger partial charge is 0.396 e. The van der Waals surface area contributed by atoms with Crippen molar-refractivity contribution in [3.8, 4) is 11.3 Å². The summed E-state index contributed by atoms with van der Waals surface area (Å²) in [5, 5.41) is 22.7. The van der Waals surface area contributed by atoms with Gasteiger partial charge in [-0.2, -0.15) is 0 Å². The number of aliphatic hydroxyl groups is 1. The maximum atomic E-state index is 12.0. The van der Waals surface area contributed by atoms with Crippen molar-refractivity contribution in [2.24, 2.45) is 5.92 Å². The van der Waals surface area contributed by atoms with Crippen molar-refractivity contribution < 1.29 is 9.90 Å². The molecule has 0 fully saturated rings. The van der Waals surface area contributed by atoms with Gasteiger partial charge in [-0.15, -0.1) is 10.2 Å². The smallest absolute Gasteiger partial charge is 0.320 e. The second-order valence-electron chi connectivity index (χ2n) is 5.63. The first-order valence-corrected chi connectivity index (χ1v) is 7.67. The molecule has 0 aliphatic rings. The van der Waals surface area contributed by atoms with Crippen LogP contribution in [0, 0.1) is 5.92 Å². The molecular formula is C17H22N4O2. The first-order valence-electron chi connectivity index (χ1n) is 7.67. The van der Waals surface area contributed by atoms with Crippen LogP contribution in [0.5, 0.6) is 0 Å². The highest BCUT2D eigenvalue weighted by atomic mass is 16.3. The van der Waals surface area contributed by atoms with Crippen molar-refractivity contribution in [2.45, 2.75) is 26.3 Å². The molecule has 2 aromatic rings. The third-order valence-electron chi connectivity index (χ3n) is 3.54. The van der Waals surface area contributed by atoms with E-state index in [1.807, 2.05) is 50.2 Å². The Kier molecular flexibility index (Phi) is 6.05. The van der Waals surface area contributed by atoms with Gasteiger partial charge in [0.15, 0.2) is 5.82 Å². The topological polar surface area (TPSA) is 87.1 Å². The zero-order valence-electron chi connectivity index (χ0n) is 13.4. The fraction of sp³-hybridized carbons (Fsp3) is 0.353. The molecule has 1 heterocycles. The molecule has 0 spiro atoms. The number of benzene rings is 1. The number of nitrogens with zero attached hydrogens (tertiary/aromatic N) is 2. The first kappa shape index (κ1) is 16.9. The molecule has 0 aliphatic heterocycles. The van der Waals surface area contributed by atoms with Gasteiger partial charge in [-0.05, 0) is 24.5 Å². The van der Waals surface area contributed by atoms with Crippen LogP contribution < -0.4 is 10.6 Å². The average Bonchev–Trinajstić information content (AvgIpc) is 2.56. The lowest BCUT2D eigenvalue weighted by atomic mass is 10.0. The fourth-order valence-corrected chi connectivity index (χ4v) is 2.19. The molecule has 6 nitrogen and oxygen atoms in total. The Balaban J connectivity index is 1.96. The van der Waals surface area contributed by atoms with Gasteiger partial charge in [0.1, 0.15) is 0 Å². The number of carbonyl (C=O) groups excluding carboxylic acids is 1. The lowest BCUT2D eigenvalue weighted by Gasteiger charge is -2.21. The Morgan fingerprint density at radius 2 is 1.87 bits per heavy atom. The van der Waals surface area contributed by atoms with E-state index in [2.05, 4.69) is 20.8 Å². The van der Waals surface area contributed by atoms with Crippen LogP contribution in [0.4, 0.5) is 10.6 Å². The minimum Gasteiger partial charge on any atom is -0.396 e. The van der Waals surface area contributed by atoms with Gasteiger partial charge in [0.25, 0.3) is 0 Å². The quantitative estimate of drug-likeness (QED) is 0.765. The van der Waals surface area contributed by atoms with E-state index in [0.717, 1.165) is 11.3 Å². The minimum atomic E-state index is -0.348. The van der Waals surface area contributed by atoms with E-state index in [4.69, 9.17) is 5.11 Å². The summed E-state index contributed by atoms with van der Waals surface area (Å²) in [5.41, 5.74) is 1.72. The number of amides is 2. The molecule has 0 bridgehead atoms. The summed E-state index contributed by atoms with van der Waals surface area (Å²) in [6, 6.07) is 12.8. The summed E-state index contributed by atoms with van der Waals surface area (Å²) in [4.78, 5) is 12.0. The van der Waals surface area contributed by atoms with E-state index in [9.17, 15) is 4.79 Å². The van der Waals surface area contributed by atoms with Crippen LogP contribution >= 0.6 is 0 Å². The van der Waals surface area contributed by atoms with Crippen LogP contribution in [0.3, 0.4) is 0 Å². The van der Waals surface area contributed by atoms with Crippen LogP contribution in [0.2, 0.25) is 0 Å². The maximum absolute atomic E-state index is 12.0. The lowest BCUT2D eigenvalue weighted by Crippen LogP contribution is -2.41. The number of aromatic nitrogens is 2. The molecule has 1 aromatic carbocycles. The van der Waals surface area contributed by atoms with Gasteiger partial charge < -0.3 is 10.4 Å². The van der Waals surface area contributed by atoms with E-state index in [1.54, 1.807) is 6.07 Å². The molecule has 0 aliphatic carbocycles. The van der Waals surface area contributed by atoms with E-state index in [0.29, 0.717) is 12.2 Å². The number of carbonyl (C=O) groups is 1. The summed E-state index contributed by atoms with van der Waals surface area (Å²) in [7, 11) is 0. The summed E-state index contributed by atoms with van der Waals surface area (Å²) >= 11 is 0. The summed E-state index contributed by atoms with van der Waals surface area (Å²) in [6.07, 6.45) is 0.518. The fourth-order valence-electron chi connectivity index (χ4n) is 2.19. The molecule has 23 heavy (non-hydrogen) atoms. The predicted octanol–water partition coefficient (Wildman–Crippen LogP) is 2.67. The molecule has 1 unspecified atom stereocenters. The Hall–Kier alpha value is -2.47. The predicted molar refractivity (Wildman–Crippen MR) is 90.0 cm³/mol. The molecule has 2 amide bonds. The molecule has 122 valence electrons. The average molecular weight is 314 g/mol.